The highest BCUT2D eigenvalue weighted by molar-refractivity contribution is 7.27. The van der Waals surface area contributed by atoms with Crippen LogP contribution in [0.3, 0.4) is 0 Å². The third-order valence-corrected chi connectivity index (χ3v) is 31.3. The summed E-state index contributed by atoms with van der Waals surface area (Å²) >= 11 is 1.86. The Kier molecular flexibility index (Phi) is 20.0. The minimum absolute atomic E-state index is 0.678. The van der Waals surface area contributed by atoms with E-state index in [-0.39, 0.29) is 0 Å². The molecule has 11 nitrogen and oxygen atoms in total. The summed E-state index contributed by atoms with van der Waals surface area (Å²) in [5.74, 6) is 1.39. The summed E-state index contributed by atoms with van der Waals surface area (Å²) in [5, 5.41) is 24.7. The molecule has 23 aromatic carbocycles. The lowest BCUT2D eigenvalue weighted by Crippen LogP contribution is -2.03. The lowest BCUT2D eigenvalue weighted by atomic mass is 9.98. The summed E-state index contributed by atoms with van der Waals surface area (Å²) in [6.07, 6.45) is 0. The molecule has 0 bridgehead atoms. The second-order valence-electron chi connectivity index (χ2n) is 38.5. The van der Waals surface area contributed by atoms with E-state index in [0.717, 1.165) is 123 Å². The van der Waals surface area contributed by atoms with Crippen LogP contribution in [0, 0.1) is 0 Å². The fourth-order valence-corrected chi connectivity index (χ4v) is 25.0. The number of para-hydroxylation sites is 10. The van der Waals surface area contributed by atoms with Gasteiger partial charge in [0.05, 0.1) is 105 Å². The Morgan fingerprint density at radius 3 is 0.860 bits per heavy atom. The summed E-state index contributed by atoms with van der Waals surface area (Å²) in [6.45, 7) is 0. The molecule has 0 unspecified atom stereocenters. The van der Waals surface area contributed by atoms with Crippen molar-refractivity contribution in [2.45, 2.75) is 0 Å². The molecule has 12 heteroatoms. The SMILES string of the molecule is c1ccc(-c2ccc3c4c5ccccc5c5c6ccccc6sc5c4n(-c4nc(-c5ccccc5)c5ccccc5n4)c3c2)cc1.c1ccc(-c2nc(-c3ccc(-n4c5ccccc5c5c6ccccc6c6c7ccccc7n(-c7ccccc7)c6c54)cc3)nc3ccccc23)cc1.c1ccc(-c2nc3ccccc3nc2-c2ccc(-n3c4ccccc4c4c5ccccc5c5c6ccccc6n(-c6ccccc6)c5c43)cc2)cc1. The number of hydrogen-bond donors (Lipinski definition) is 0. The highest BCUT2D eigenvalue weighted by Crippen LogP contribution is 2.53. The first-order valence-corrected chi connectivity index (χ1v) is 51.7. The smallest absolute Gasteiger partial charge is 0.235 e. The van der Waals surface area contributed by atoms with E-state index in [2.05, 4.69) is 496 Å². The maximum Gasteiger partial charge on any atom is 0.235 e. The van der Waals surface area contributed by atoms with Gasteiger partial charge in [0.2, 0.25) is 5.95 Å². The van der Waals surface area contributed by atoms with Crippen LogP contribution in [0.5, 0.6) is 0 Å². The Labute approximate surface area is 864 Å². The van der Waals surface area contributed by atoms with Crippen molar-refractivity contribution in [1.82, 2.24) is 52.7 Å². The first kappa shape index (κ1) is 85.6. The van der Waals surface area contributed by atoms with Crippen LogP contribution in [0.4, 0.5) is 0 Å². The predicted octanol–water partition coefficient (Wildman–Crippen LogP) is 36.2. The first-order chi connectivity index (χ1) is 74.5. The molecule has 9 heterocycles. The Morgan fingerprint density at radius 1 is 0.153 bits per heavy atom. The van der Waals surface area contributed by atoms with E-state index < -0.39 is 0 Å². The minimum atomic E-state index is 0.678. The Morgan fingerprint density at radius 2 is 0.440 bits per heavy atom. The highest BCUT2D eigenvalue weighted by atomic mass is 32.1. The maximum absolute atomic E-state index is 5.41. The quantitative estimate of drug-likeness (QED) is 0.128. The molecule has 0 aliphatic rings. The molecule has 32 aromatic rings. The molecule has 0 N–H and O–H groups in total. The van der Waals surface area contributed by atoms with E-state index in [0.29, 0.717) is 11.8 Å². The van der Waals surface area contributed by atoms with Crippen molar-refractivity contribution < 1.29 is 0 Å². The van der Waals surface area contributed by atoms with Gasteiger partial charge in [-0.3, -0.25) is 4.57 Å². The molecule has 0 aliphatic carbocycles. The minimum Gasteiger partial charge on any atom is -0.307 e. The van der Waals surface area contributed by atoms with Crippen LogP contribution in [0.25, 0.3) is 291 Å². The number of fused-ring (bicyclic) bond motifs is 33. The van der Waals surface area contributed by atoms with Gasteiger partial charge in [-0.2, -0.15) is 0 Å². The molecular formula is C138H85N11S. The molecule has 0 saturated heterocycles. The second kappa shape index (κ2) is 35.0. The van der Waals surface area contributed by atoms with Crippen LogP contribution in [0.1, 0.15) is 0 Å². The zero-order chi connectivity index (χ0) is 98.5. The van der Waals surface area contributed by atoms with Crippen molar-refractivity contribution in [2.24, 2.45) is 0 Å². The molecule has 0 aliphatic heterocycles. The summed E-state index contributed by atoms with van der Waals surface area (Å²) < 4.78 is 14.7. The van der Waals surface area contributed by atoms with Crippen LogP contribution in [-0.4, -0.2) is 52.7 Å². The van der Waals surface area contributed by atoms with Gasteiger partial charge in [0.25, 0.3) is 0 Å². The average Bonchev–Trinajstić information content (AvgIpc) is 1.52. The van der Waals surface area contributed by atoms with Crippen molar-refractivity contribution in [3.8, 4) is 96.2 Å². The molecule has 0 radical (unpaired) electrons. The molecule has 0 saturated carbocycles. The van der Waals surface area contributed by atoms with Gasteiger partial charge in [0.15, 0.2) is 5.82 Å². The molecule has 698 valence electrons. The number of thiophene rings is 1. The van der Waals surface area contributed by atoms with Crippen LogP contribution in [0.2, 0.25) is 0 Å². The molecule has 0 fully saturated rings. The number of nitrogens with zero attached hydrogens (tertiary/aromatic N) is 11. The lowest BCUT2D eigenvalue weighted by molar-refractivity contribution is 1.02. The van der Waals surface area contributed by atoms with Crippen LogP contribution >= 0.6 is 11.3 Å². The van der Waals surface area contributed by atoms with Crippen molar-refractivity contribution in [1.29, 1.82) is 0 Å². The van der Waals surface area contributed by atoms with E-state index in [4.69, 9.17) is 29.9 Å². The zero-order valence-electron chi connectivity index (χ0n) is 80.9. The highest BCUT2D eigenvalue weighted by Gasteiger charge is 2.31. The van der Waals surface area contributed by atoms with Crippen molar-refractivity contribution in [3.63, 3.8) is 0 Å². The third kappa shape index (κ3) is 13.6. The fourth-order valence-electron chi connectivity index (χ4n) is 23.7. The van der Waals surface area contributed by atoms with E-state index in [1.54, 1.807) is 0 Å². The van der Waals surface area contributed by atoms with Crippen LogP contribution in [0.15, 0.2) is 516 Å². The Balaban J connectivity index is 0.000000104. The van der Waals surface area contributed by atoms with E-state index in [1.807, 2.05) is 53.8 Å². The molecule has 0 spiro atoms. The molecule has 32 rings (SSSR count). The number of rotatable bonds is 11. The van der Waals surface area contributed by atoms with Crippen molar-refractivity contribution in [3.05, 3.63) is 516 Å². The largest absolute Gasteiger partial charge is 0.307 e. The lowest BCUT2D eigenvalue weighted by Gasteiger charge is -2.15. The standard InChI is InChI=1S/2C48H30N4.C42H25N3S/c1-3-15-31(16-4-1)45-46(50-40-24-12-11-23-39(40)49-45)32-27-29-34(30-28-32)52-42-26-14-10-22-38(42)44-36-20-8-7-19-35(36)43-37-21-9-13-25-41(37)51(47(43)48(44)52)33-17-5-2-6-18-33;1-3-15-31(16-4-1)45-37-21-9-12-24-40(37)49-48(50-45)32-27-29-34(30-28-32)52-42-26-14-11-23-39(42)44-36-20-8-7-19-35(36)43-38-22-10-13-25-41(38)51(46(43)47(44)52)33-17-5-2-6-18-33;1-3-13-26(14-4-1)28-23-24-32-35(25-28)45(42-43-34-21-11-9-19-31(34)39(44-42)27-15-5-2-6-16-27)40-37(32)29-17-7-8-18-30(29)38-33-20-10-12-22-36(33)46-41(38)40/h2*1-30H;1-25H. The van der Waals surface area contributed by atoms with Gasteiger partial charge < -0.3 is 18.3 Å². The molecular weight excluding hydrogens is 1840 g/mol. The summed E-state index contributed by atoms with van der Waals surface area (Å²) in [7, 11) is 0. The van der Waals surface area contributed by atoms with Crippen molar-refractivity contribution in [2.75, 3.05) is 0 Å². The predicted molar refractivity (Wildman–Crippen MR) is 628 cm³/mol. The van der Waals surface area contributed by atoms with E-state index >= 15 is 0 Å². The maximum atomic E-state index is 5.41. The average molecular weight is 1930 g/mol. The summed E-state index contributed by atoms with van der Waals surface area (Å²) in [5.41, 5.74) is 31.0. The Bertz CT molecular complexity index is 11100. The van der Waals surface area contributed by atoms with Gasteiger partial charge in [0.1, 0.15) is 0 Å². The molecule has 0 amide bonds. The van der Waals surface area contributed by atoms with Crippen molar-refractivity contribution >= 4 is 206 Å². The monoisotopic (exact) mass is 1930 g/mol. The third-order valence-electron chi connectivity index (χ3n) is 30.1. The number of benzene rings is 23. The van der Waals surface area contributed by atoms with Gasteiger partial charge in [-0.1, -0.05) is 394 Å². The second-order valence-corrected chi connectivity index (χ2v) is 39.5. The van der Waals surface area contributed by atoms with Gasteiger partial charge in [-0.25, -0.2) is 29.9 Å². The molecule has 0 atom stereocenters. The molecule has 9 aromatic heterocycles. The summed E-state index contributed by atoms with van der Waals surface area (Å²) in [6, 6.07) is 183. The van der Waals surface area contributed by atoms with E-state index in [9.17, 15) is 0 Å². The van der Waals surface area contributed by atoms with Gasteiger partial charge in [0, 0.05) is 131 Å². The van der Waals surface area contributed by atoms with E-state index in [1.165, 1.54) is 156 Å². The van der Waals surface area contributed by atoms with Crippen LogP contribution in [-0.2, 0) is 0 Å². The first-order valence-electron chi connectivity index (χ1n) is 50.9. The Hall–Kier alpha value is -19.9. The summed E-state index contributed by atoms with van der Waals surface area (Å²) in [4.78, 5) is 31.2. The zero-order valence-corrected chi connectivity index (χ0v) is 81.7. The molecule has 150 heavy (non-hydrogen) atoms. The normalized spacial score (nSPS) is 11.9. The van der Waals surface area contributed by atoms with Gasteiger partial charge >= 0.3 is 0 Å². The number of aromatic nitrogens is 11. The number of hydrogen-bond acceptors (Lipinski definition) is 7. The topological polar surface area (TPSA) is 102 Å². The fraction of sp³-hybridized carbons (Fsp3) is 0. The van der Waals surface area contributed by atoms with Gasteiger partial charge in [-0.05, 0) is 165 Å². The van der Waals surface area contributed by atoms with Gasteiger partial charge in [-0.15, -0.1) is 11.3 Å². The van der Waals surface area contributed by atoms with Crippen LogP contribution < -0.4 is 0 Å².